The quantitative estimate of drug-likeness (QED) is 0.611. The van der Waals surface area contributed by atoms with Gasteiger partial charge in [0.15, 0.2) is 5.78 Å². The molecule has 7 heteroatoms. The van der Waals surface area contributed by atoms with E-state index in [1.165, 1.54) is 0 Å². The predicted octanol–water partition coefficient (Wildman–Crippen LogP) is 4.68. The fourth-order valence-electron chi connectivity index (χ4n) is 3.69. The SMILES string of the molecule is CCOC(=O)c1cccc2c1C(=O)C(c1ncc(C)[nH]1)C(c1ccc(Cl)cc1)N2. The lowest BCUT2D eigenvalue weighted by Gasteiger charge is -2.33. The van der Waals surface area contributed by atoms with Gasteiger partial charge in [-0.3, -0.25) is 4.79 Å². The predicted molar refractivity (Wildman–Crippen MR) is 111 cm³/mol. The number of nitrogens with one attached hydrogen (secondary N) is 2. The molecule has 1 aliphatic rings. The van der Waals surface area contributed by atoms with E-state index < -0.39 is 11.9 Å². The summed E-state index contributed by atoms with van der Waals surface area (Å²) < 4.78 is 5.16. The van der Waals surface area contributed by atoms with E-state index in [0.717, 1.165) is 11.3 Å². The third-order valence-electron chi connectivity index (χ3n) is 4.98. The number of aromatic nitrogens is 2. The summed E-state index contributed by atoms with van der Waals surface area (Å²) in [6.45, 7) is 3.85. The standard InChI is InChI=1S/C22H20ClN3O3/c1-3-29-22(28)15-5-4-6-16-17(15)20(27)18(21-24-11-12(2)25-21)19(26-16)13-7-9-14(23)10-8-13/h4-11,18-19,26H,3H2,1-2H3,(H,24,25). The van der Waals surface area contributed by atoms with Crippen LogP contribution in [-0.2, 0) is 4.74 Å². The molecule has 0 radical (unpaired) electrons. The topological polar surface area (TPSA) is 84.1 Å². The highest BCUT2D eigenvalue weighted by Gasteiger charge is 2.41. The fourth-order valence-corrected chi connectivity index (χ4v) is 3.82. The van der Waals surface area contributed by atoms with E-state index in [0.29, 0.717) is 22.1 Å². The maximum absolute atomic E-state index is 13.7. The summed E-state index contributed by atoms with van der Waals surface area (Å²) in [5, 5.41) is 4.04. The van der Waals surface area contributed by atoms with Crippen LogP contribution in [0.25, 0.3) is 0 Å². The number of aryl methyl sites for hydroxylation is 1. The zero-order valence-corrected chi connectivity index (χ0v) is 16.8. The van der Waals surface area contributed by atoms with Crippen LogP contribution in [0.2, 0.25) is 5.02 Å². The lowest BCUT2D eigenvalue weighted by atomic mass is 9.80. The Morgan fingerprint density at radius 3 is 2.62 bits per heavy atom. The number of halogens is 1. The summed E-state index contributed by atoms with van der Waals surface area (Å²) in [4.78, 5) is 33.7. The smallest absolute Gasteiger partial charge is 0.338 e. The molecule has 29 heavy (non-hydrogen) atoms. The van der Waals surface area contributed by atoms with E-state index >= 15 is 0 Å². The zero-order chi connectivity index (χ0) is 20.5. The maximum atomic E-state index is 13.7. The van der Waals surface area contributed by atoms with Crippen molar-refractivity contribution in [1.29, 1.82) is 0 Å². The van der Waals surface area contributed by atoms with Crippen LogP contribution in [0.1, 0.15) is 56.7 Å². The highest BCUT2D eigenvalue weighted by molar-refractivity contribution is 6.30. The molecule has 0 saturated carbocycles. The molecular weight excluding hydrogens is 390 g/mol. The number of rotatable bonds is 4. The van der Waals surface area contributed by atoms with Crippen molar-refractivity contribution in [3.63, 3.8) is 0 Å². The number of imidazole rings is 1. The molecule has 4 rings (SSSR count). The van der Waals surface area contributed by atoms with E-state index in [2.05, 4.69) is 15.3 Å². The van der Waals surface area contributed by atoms with Crippen molar-refractivity contribution in [3.8, 4) is 0 Å². The molecule has 0 aliphatic carbocycles. The van der Waals surface area contributed by atoms with Gasteiger partial charge in [0, 0.05) is 22.6 Å². The lowest BCUT2D eigenvalue weighted by Crippen LogP contribution is -2.34. The minimum absolute atomic E-state index is 0.184. The van der Waals surface area contributed by atoms with E-state index in [9.17, 15) is 9.59 Å². The van der Waals surface area contributed by atoms with Crippen molar-refractivity contribution in [2.24, 2.45) is 0 Å². The van der Waals surface area contributed by atoms with Crippen molar-refractivity contribution in [2.75, 3.05) is 11.9 Å². The molecule has 148 valence electrons. The van der Waals surface area contributed by atoms with E-state index in [1.54, 1.807) is 43.5 Å². The van der Waals surface area contributed by atoms with Gasteiger partial charge in [-0.05, 0) is 43.7 Å². The Bertz CT molecular complexity index is 1080. The first kappa shape index (κ1) is 19.2. The number of ether oxygens (including phenoxy) is 1. The molecule has 0 amide bonds. The summed E-state index contributed by atoms with van der Waals surface area (Å²) in [7, 11) is 0. The second-order valence-electron chi connectivity index (χ2n) is 6.92. The van der Waals surface area contributed by atoms with Gasteiger partial charge in [0.1, 0.15) is 11.7 Å². The Hall–Kier alpha value is -3.12. The van der Waals surface area contributed by atoms with Crippen molar-refractivity contribution >= 4 is 29.0 Å². The van der Waals surface area contributed by atoms with Gasteiger partial charge in [0.05, 0.1) is 23.8 Å². The fraction of sp³-hybridized carbons (Fsp3) is 0.227. The molecule has 6 nitrogen and oxygen atoms in total. The monoisotopic (exact) mass is 409 g/mol. The van der Waals surface area contributed by atoms with Crippen LogP contribution in [0.15, 0.2) is 48.7 Å². The Morgan fingerprint density at radius 1 is 1.21 bits per heavy atom. The van der Waals surface area contributed by atoms with Gasteiger partial charge < -0.3 is 15.0 Å². The molecule has 0 saturated heterocycles. The Morgan fingerprint density at radius 2 is 1.97 bits per heavy atom. The van der Waals surface area contributed by atoms with Crippen LogP contribution in [0, 0.1) is 6.92 Å². The number of carbonyl (C=O) groups is 2. The second-order valence-corrected chi connectivity index (χ2v) is 7.35. The van der Waals surface area contributed by atoms with Crippen molar-refractivity contribution in [2.45, 2.75) is 25.8 Å². The molecule has 0 bridgehead atoms. The first-order valence-corrected chi connectivity index (χ1v) is 9.75. The lowest BCUT2D eigenvalue weighted by molar-refractivity contribution is 0.0522. The number of H-pyrrole nitrogens is 1. The number of fused-ring (bicyclic) bond motifs is 1. The van der Waals surface area contributed by atoms with Crippen molar-refractivity contribution in [1.82, 2.24) is 9.97 Å². The third-order valence-corrected chi connectivity index (χ3v) is 5.23. The minimum Gasteiger partial charge on any atom is -0.462 e. The van der Waals surface area contributed by atoms with E-state index in [-0.39, 0.29) is 24.0 Å². The number of nitrogens with zero attached hydrogens (tertiary/aromatic N) is 1. The summed E-state index contributed by atoms with van der Waals surface area (Å²) >= 11 is 6.05. The highest BCUT2D eigenvalue weighted by Crippen LogP contribution is 2.42. The van der Waals surface area contributed by atoms with Crippen molar-refractivity contribution in [3.05, 3.63) is 81.9 Å². The number of anilines is 1. The number of carbonyl (C=O) groups excluding carboxylic acids is 2. The first-order valence-electron chi connectivity index (χ1n) is 9.37. The summed E-state index contributed by atoms with van der Waals surface area (Å²) in [6, 6.07) is 12.1. The molecule has 0 fully saturated rings. The number of benzene rings is 2. The molecule has 1 aromatic heterocycles. The number of hydrogen-bond donors (Lipinski definition) is 2. The number of aromatic amines is 1. The number of hydrogen-bond acceptors (Lipinski definition) is 5. The molecule has 3 aromatic rings. The number of ketones is 1. The van der Waals surface area contributed by atoms with Gasteiger partial charge in [-0.25, -0.2) is 9.78 Å². The summed E-state index contributed by atoms with van der Waals surface area (Å²) in [5.74, 6) is -0.785. The minimum atomic E-state index is -0.632. The third kappa shape index (κ3) is 3.51. The van der Waals surface area contributed by atoms with Gasteiger partial charge in [-0.2, -0.15) is 0 Å². The van der Waals surface area contributed by atoms with Crippen LogP contribution in [0.5, 0.6) is 0 Å². The second kappa shape index (κ2) is 7.72. The van der Waals surface area contributed by atoms with Crippen LogP contribution in [0.4, 0.5) is 5.69 Å². The molecule has 2 unspecified atom stereocenters. The largest absolute Gasteiger partial charge is 0.462 e. The average molecular weight is 410 g/mol. The number of Topliss-reactive ketones (excluding diaryl/α,β-unsaturated/α-hetero) is 1. The Balaban J connectivity index is 1.86. The van der Waals surface area contributed by atoms with Gasteiger partial charge in [0.2, 0.25) is 0 Å². The zero-order valence-electron chi connectivity index (χ0n) is 16.0. The number of esters is 1. The highest BCUT2D eigenvalue weighted by atomic mass is 35.5. The molecule has 0 spiro atoms. The Labute approximate surface area is 173 Å². The van der Waals surface area contributed by atoms with Gasteiger partial charge in [0.25, 0.3) is 0 Å². The van der Waals surface area contributed by atoms with Gasteiger partial charge in [-0.1, -0.05) is 29.8 Å². The molecule has 2 atom stereocenters. The normalized spacial score (nSPS) is 18.1. The van der Waals surface area contributed by atoms with Crippen LogP contribution in [-0.4, -0.2) is 28.3 Å². The molecule has 2 aromatic carbocycles. The summed E-state index contributed by atoms with van der Waals surface area (Å²) in [5.41, 5.74) is 2.93. The average Bonchev–Trinajstić information content (AvgIpc) is 3.14. The molecule has 2 N–H and O–H groups in total. The first-order chi connectivity index (χ1) is 14.0. The van der Waals surface area contributed by atoms with Crippen LogP contribution >= 0.6 is 11.6 Å². The van der Waals surface area contributed by atoms with E-state index in [1.807, 2.05) is 19.1 Å². The Kier molecular flexibility index (Phi) is 5.11. The molecule has 2 heterocycles. The van der Waals surface area contributed by atoms with Crippen LogP contribution in [0.3, 0.4) is 0 Å². The molecular formula is C22H20ClN3O3. The summed E-state index contributed by atoms with van der Waals surface area (Å²) in [6.07, 6.45) is 1.69. The van der Waals surface area contributed by atoms with E-state index in [4.69, 9.17) is 16.3 Å². The van der Waals surface area contributed by atoms with Gasteiger partial charge >= 0.3 is 5.97 Å². The molecule has 1 aliphatic heterocycles. The maximum Gasteiger partial charge on any atom is 0.338 e. The van der Waals surface area contributed by atoms with Gasteiger partial charge in [-0.15, -0.1) is 0 Å². The van der Waals surface area contributed by atoms with Crippen LogP contribution < -0.4 is 5.32 Å². The van der Waals surface area contributed by atoms with Crippen molar-refractivity contribution < 1.29 is 14.3 Å².